The van der Waals surface area contributed by atoms with Gasteiger partial charge < -0.3 is 0 Å². The molecule has 0 N–H and O–H groups in total. The maximum absolute atomic E-state index is 2.49. The molecule has 0 aromatic carbocycles. The first-order valence-corrected chi connectivity index (χ1v) is 6.02. The molecule has 0 aromatic rings. The van der Waals surface area contributed by atoms with Crippen LogP contribution in [0.1, 0.15) is 53.4 Å². The average molecular weight is 180 g/mol. The average Bonchev–Trinajstić information content (AvgIpc) is 2.31. The molecule has 0 radical (unpaired) electrons. The van der Waals surface area contributed by atoms with Gasteiger partial charge in [-0.05, 0) is 48.3 Å². The molecule has 2 saturated carbocycles. The molecule has 0 saturated heterocycles. The second kappa shape index (κ2) is 3.00. The fourth-order valence-electron chi connectivity index (χ4n) is 4.13. The SMILES string of the molecule is CC1CC(C)C1C1CCCC1(C)C. The van der Waals surface area contributed by atoms with Crippen LogP contribution in [0.25, 0.3) is 0 Å². The van der Waals surface area contributed by atoms with Crippen LogP contribution in [0.3, 0.4) is 0 Å². The van der Waals surface area contributed by atoms with Crippen molar-refractivity contribution in [3.05, 3.63) is 0 Å². The Hall–Kier alpha value is 0. The summed E-state index contributed by atoms with van der Waals surface area (Å²) < 4.78 is 0. The van der Waals surface area contributed by atoms with Gasteiger partial charge in [0.05, 0.1) is 0 Å². The van der Waals surface area contributed by atoms with Gasteiger partial charge in [0.1, 0.15) is 0 Å². The van der Waals surface area contributed by atoms with Crippen LogP contribution in [0.15, 0.2) is 0 Å². The summed E-state index contributed by atoms with van der Waals surface area (Å²) in [7, 11) is 0. The molecule has 0 amide bonds. The number of hydrogen-bond donors (Lipinski definition) is 0. The van der Waals surface area contributed by atoms with Gasteiger partial charge in [-0.1, -0.05) is 34.1 Å². The molecule has 13 heavy (non-hydrogen) atoms. The van der Waals surface area contributed by atoms with E-state index in [1.807, 2.05) is 0 Å². The van der Waals surface area contributed by atoms with E-state index < -0.39 is 0 Å². The zero-order valence-corrected chi connectivity index (χ0v) is 9.64. The van der Waals surface area contributed by atoms with E-state index in [2.05, 4.69) is 27.7 Å². The highest BCUT2D eigenvalue weighted by Gasteiger charge is 2.47. The van der Waals surface area contributed by atoms with Crippen LogP contribution in [-0.4, -0.2) is 0 Å². The van der Waals surface area contributed by atoms with Crippen LogP contribution in [0.2, 0.25) is 0 Å². The maximum atomic E-state index is 2.49. The molecule has 0 heterocycles. The lowest BCUT2D eigenvalue weighted by atomic mass is 9.56. The molecule has 0 nitrogen and oxygen atoms in total. The van der Waals surface area contributed by atoms with Gasteiger partial charge in [-0.2, -0.15) is 0 Å². The third kappa shape index (κ3) is 1.43. The van der Waals surface area contributed by atoms with Crippen LogP contribution in [0, 0.1) is 29.1 Å². The molecule has 0 aromatic heterocycles. The lowest BCUT2D eigenvalue weighted by Gasteiger charge is -2.49. The predicted octanol–water partition coefficient (Wildman–Crippen LogP) is 4.10. The van der Waals surface area contributed by atoms with E-state index in [0.717, 1.165) is 23.7 Å². The van der Waals surface area contributed by atoms with Crippen molar-refractivity contribution in [2.75, 3.05) is 0 Å². The van der Waals surface area contributed by atoms with E-state index >= 15 is 0 Å². The molecule has 2 rings (SSSR count). The summed E-state index contributed by atoms with van der Waals surface area (Å²) in [4.78, 5) is 0. The first-order chi connectivity index (χ1) is 6.02. The Bertz CT molecular complexity index is 184. The van der Waals surface area contributed by atoms with Crippen molar-refractivity contribution in [1.29, 1.82) is 0 Å². The van der Waals surface area contributed by atoms with Crippen molar-refractivity contribution in [3.8, 4) is 0 Å². The van der Waals surface area contributed by atoms with Gasteiger partial charge in [-0.3, -0.25) is 0 Å². The van der Waals surface area contributed by atoms with Gasteiger partial charge in [0.25, 0.3) is 0 Å². The lowest BCUT2D eigenvalue weighted by molar-refractivity contribution is -0.000166. The van der Waals surface area contributed by atoms with Crippen molar-refractivity contribution in [3.63, 3.8) is 0 Å². The Morgan fingerprint density at radius 1 is 1.08 bits per heavy atom. The van der Waals surface area contributed by atoms with Gasteiger partial charge in [-0.15, -0.1) is 0 Å². The molecule has 0 bridgehead atoms. The van der Waals surface area contributed by atoms with Gasteiger partial charge in [0, 0.05) is 0 Å². The zero-order valence-electron chi connectivity index (χ0n) is 9.64. The number of rotatable bonds is 1. The van der Waals surface area contributed by atoms with Crippen molar-refractivity contribution in [1.82, 2.24) is 0 Å². The van der Waals surface area contributed by atoms with Crippen LogP contribution >= 0.6 is 0 Å². The largest absolute Gasteiger partial charge is 0.0622 e. The molecular weight excluding hydrogens is 156 g/mol. The Kier molecular flexibility index (Phi) is 2.20. The van der Waals surface area contributed by atoms with Gasteiger partial charge in [0.2, 0.25) is 0 Å². The molecule has 2 aliphatic carbocycles. The van der Waals surface area contributed by atoms with Crippen LogP contribution in [-0.2, 0) is 0 Å². The molecule has 0 heteroatoms. The summed E-state index contributed by atoms with van der Waals surface area (Å²) >= 11 is 0. The summed E-state index contributed by atoms with van der Waals surface area (Å²) in [5.74, 6) is 4.11. The van der Waals surface area contributed by atoms with Crippen molar-refractivity contribution < 1.29 is 0 Å². The smallest absolute Gasteiger partial charge is 0.0323 e. The first-order valence-electron chi connectivity index (χ1n) is 6.02. The summed E-state index contributed by atoms with van der Waals surface area (Å²) in [6, 6.07) is 0. The Labute approximate surface area is 83.1 Å². The van der Waals surface area contributed by atoms with E-state index in [9.17, 15) is 0 Å². The van der Waals surface area contributed by atoms with E-state index in [0.29, 0.717) is 5.41 Å². The van der Waals surface area contributed by atoms with Crippen molar-refractivity contribution >= 4 is 0 Å². The Balaban J connectivity index is 2.07. The highest BCUT2D eigenvalue weighted by Crippen LogP contribution is 2.56. The minimum absolute atomic E-state index is 0.646. The standard InChI is InChI=1S/C13H24/c1-9-8-10(2)12(9)11-6-5-7-13(11,3)4/h9-12H,5-8H2,1-4H3. The second-order valence-corrected chi connectivity index (χ2v) is 6.25. The maximum Gasteiger partial charge on any atom is -0.0323 e. The van der Waals surface area contributed by atoms with E-state index in [4.69, 9.17) is 0 Å². The Morgan fingerprint density at radius 2 is 1.69 bits per heavy atom. The molecule has 2 fully saturated rings. The predicted molar refractivity (Wildman–Crippen MR) is 57.6 cm³/mol. The molecule has 2 aliphatic rings. The summed E-state index contributed by atoms with van der Waals surface area (Å²) in [5.41, 5.74) is 0.646. The normalized spacial score (nSPS) is 48.9. The summed E-state index contributed by atoms with van der Waals surface area (Å²) in [5, 5.41) is 0. The zero-order chi connectivity index (χ0) is 9.64. The highest BCUT2D eigenvalue weighted by atomic mass is 14.5. The van der Waals surface area contributed by atoms with Gasteiger partial charge in [0.15, 0.2) is 0 Å². The van der Waals surface area contributed by atoms with Crippen LogP contribution < -0.4 is 0 Å². The minimum Gasteiger partial charge on any atom is -0.0622 e. The molecular formula is C13H24. The molecule has 3 unspecified atom stereocenters. The lowest BCUT2D eigenvalue weighted by Crippen LogP contribution is -2.42. The number of hydrogen-bond acceptors (Lipinski definition) is 0. The molecule has 3 atom stereocenters. The van der Waals surface area contributed by atoms with Crippen molar-refractivity contribution in [2.24, 2.45) is 29.1 Å². The Morgan fingerprint density at radius 3 is 2.08 bits per heavy atom. The van der Waals surface area contributed by atoms with Gasteiger partial charge >= 0.3 is 0 Å². The second-order valence-electron chi connectivity index (χ2n) is 6.25. The monoisotopic (exact) mass is 180 g/mol. The van der Waals surface area contributed by atoms with Gasteiger partial charge in [-0.25, -0.2) is 0 Å². The fraction of sp³-hybridized carbons (Fsp3) is 1.00. The third-order valence-corrected chi connectivity index (χ3v) is 4.86. The molecule has 76 valence electrons. The quantitative estimate of drug-likeness (QED) is 0.570. The summed E-state index contributed by atoms with van der Waals surface area (Å²) in [6.07, 6.45) is 5.94. The van der Waals surface area contributed by atoms with Crippen molar-refractivity contribution in [2.45, 2.75) is 53.4 Å². The van der Waals surface area contributed by atoms with E-state index in [1.165, 1.54) is 25.7 Å². The first kappa shape index (κ1) is 9.55. The van der Waals surface area contributed by atoms with E-state index in [-0.39, 0.29) is 0 Å². The molecule has 0 aliphatic heterocycles. The highest BCUT2D eigenvalue weighted by molar-refractivity contribution is 4.97. The van der Waals surface area contributed by atoms with Crippen LogP contribution in [0.4, 0.5) is 0 Å². The summed E-state index contributed by atoms with van der Waals surface area (Å²) in [6.45, 7) is 9.89. The van der Waals surface area contributed by atoms with E-state index in [1.54, 1.807) is 0 Å². The third-order valence-electron chi connectivity index (χ3n) is 4.86. The fourth-order valence-corrected chi connectivity index (χ4v) is 4.13. The van der Waals surface area contributed by atoms with Crippen LogP contribution in [0.5, 0.6) is 0 Å². The molecule has 0 spiro atoms. The minimum atomic E-state index is 0.646. The topological polar surface area (TPSA) is 0 Å².